The van der Waals surface area contributed by atoms with E-state index in [2.05, 4.69) is 14.9 Å². The largest absolute Gasteiger partial charge is 0.432 e. The first-order chi connectivity index (χ1) is 11.9. The minimum Gasteiger partial charge on any atom is -0.338 e. The Bertz CT molecular complexity index is 791. The second kappa shape index (κ2) is 6.84. The Morgan fingerprint density at radius 1 is 1.36 bits per heavy atom. The summed E-state index contributed by atoms with van der Waals surface area (Å²) in [4.78, 5) is 8.35. The molecule has 2 aromatic rings. The first-order valence-electron chi connectivity index (χ1n) is 7.90. The molecule has 0 amide bonds. The van der Waals surface area contributed by atoms with Gasteiger partial charge >= 0.3 is 6.18 Å². The van der Waals surface area contributed by atoms with Crippen LogP contribution >= 0.6 is 0 Å². The van der Waals surface area contributed by atoms with Crippen molar-refractivity contribution in [2.24, 2.45) is 0 Å². The number of likely N-dealkylation sites (tertiary alicyclic amines) is 1. The minimum absolute atomic E-state index is 0.00749. The maximum absolute atomic E-state index is 13.4. The van der Waals surface area contributed by atoms with Crippen molar-refractivity contribution in [3.63, 3.8) is 0 Å². The van der Waals surface area contributed by atoms with E-state index in [4.69, 9.17) is 5.26 Å². The van der Waals surface area contributed by atoms with E-state index >= 15 is 0 Å². The summed E-state index contributed by atoms with van der Waals surface area (Å²) in [7, 11) is 0. The number of nitrogens with one attached hydrogen (secondary N) is 1. The van der Waals surface area contributed by atoms with Crippen molar-refractivity contribution in [1.82, 2.24) is 14.9 Å². The summed E-state index contributed by atoms with van der Waals surface area (Å²) in [6.45, 7) is 1.87. The van der Waals surface area contributed by atoms with E-state index in [-0.39, 0.29) is 11.5 Å². The average Bonchev–Trinajstić information content (AvgIpc) is 3.07. The molecule has 3 rings (SSSR count). The lowest BCUT2D eigenvalue weighted by molar-refractivity contribution is -0.141. The molecule has 2 heterocycles. The van der Waals surface area contributed by atoms with Crippen molar-refractivity contribution in [3.05, 3.63) is 52.9 Å². The number of benzene rings is 1. The third-order valence-corrected chi connectivity index (χ3v) is 4.35. The second-order valence-electron chi connectivity index (χ2n) is 6.18. The van der Waals surface area contributed by atoms with E-state index in [1.54, 1.807) is 6.07 Å². The first kappa shape index (κ1) is 17.4. The standard InChI is InChI=1S/C17H16F4N4/c18-14-4-3-11(6-13(14)7-22)9-25-5-1-2-12(10-25)16-23-8-15(24-16)17(19,20)21/h3-4,6,8,12H,1-2,5,9-10H2,(H,23,24)/t12-/m1/s1. The van der Waals surface area contributed by atoms with Gasteiger partial charge in [0.2, 0.25) is 0 Å². The number of hydrogen-bond donors (Lipinski definition) is 1. The molecule has 132 valence electrons. The molecule has 1 aliphatic rings. The molecule has 1 atom stereocenters. The Kier molecular flexibility index (Phi) is 4.77. The molecule has 0 unspecified atom stereocenters. The van der Waals surface area contributed by atoms with Gasteiger partial charge in [-0.2, -0.15) is 18.4 Å². The molecule has 1 fully saturated rings. The summed E-state index contributed by atoms with van der Waals surface area (Å²) in [5, 5.41) is 8.90. The van der Waals surface area contributed by atoms with Gasteiger partial charge in [-0.05, 0) is 37.1 Å². The summed E-state index contributed by atoms with van der Waals surface area (Å²) in [5.41, 5.74) is -0.0437. The molecule has 4 nitrogen and oxygen atoms in total. The number of aromatic amines is 1. The van der Waals surface area contributed by atoms with E-state index in [1.165, 1.54) is 12.1 Å². The monoisotopic (exact) mass is 352 g/mol. The SMILES string of the molecule is N#Cc1cc(CN2CCC[C@@H](c3ncc(C(F)(F)F)[nH]3)C2)ccc1F. The Morgan fingerprint density at radius 3 is 2.84 bits per heavy atom. The zero-order valence-electron chi connectivity index (χ0n) is 13.3. The van der Waals surface area contributed by atoms with Crippen LogP contribution in [0.5, 0.6) is 0 Å². The van der Waals surface area contributed by atoms with E-state index in [0.29, 0.717) is 18.9 Å². The fourth-order valence-corrected chi connectivity index (χ4v) is 3.13. The highest BCUT2D eigenvalue weighted by Crippen LogP contribution is 2.31. The van der Waals surface area contributed by atoms with Crippen molar-refractivity contribution in [3.8, 4) is 6.07 Å². The van der Waals surface area contributed by atoms with Gasteiger partial charge in [0.1, 0.15) is 23.4 Å². The van der Waals surface area contributed by atoms with Gasteiger partial charge in [0.25, 0.3) is 0 Å². The summed E-state index contributed by atoms with van der Waals surface area (Å²) in [5.74, 6) is -0.326. The van der Waals surface area contributed by atoms with Gasteiger partial charge in [0, 0.05) is 19.0 Å². The van der Waals surface area contributed by atoms with Crippen molar-refractivity contribution in [2.75, 3.05) is 13.1 Å². The number of nitrogens with zero attached hydrogens (tertiary/aromatic N) is 3. The number of piperidine rings is 1. The first-order valence-corrected chi connectivity index (χ1v) is 7.90. The van der Waals surface area contributed by atoms with Gasteiger partial charge in [-0.1, -0.05) is 6.07 Å². The molecule has 0 saturated carbocycles. The topological polar surface area (TPSA) is 55.7 Å². The highest BCUT2D eigenvalue weighted by molar-refractivity contribution is 5.34. The van der Waals surface area contributed by atoms with Gasteiger partial charge in [-0.25, -0.2) is 9.37 Å². The van der Waals surface area contributed by atoms with Crippen molar-refractivity contribution >= 4 is 0 Å². The number of halogens is 4. The van der Waals surface area contributed by atoms with Crippen LogP contribution in [0, 0.1) is 17.1 Å². The highest BCUT2D eigenvalue weighted by Gasteiger charge is 2.34. The van der Waals surface area contributed by atoms with Crippen LogP contribution in [0.1, 0.15) is 41.4 Å². The Balaban J connectivity index is 1.69. The van der Waals surface area contributed by atoms with E-state index < -0.39 is 17.7 Å². The molecule has 1 aromatic heterocycles. The number of hydrogen-bond acceptors (Lipinski definition) is 3. The molecule has 0 bridgehead atoms. The zero-order valence-corrected chi connectivity index (χ0v) is 13.3. The predicted molar refractivity (Wildman–Crippen MR) is 82.0 cm³/mol. The van der Waals surface area contributed by atoms with Crippen LogP contribution in [0.2, 0.25) is 0 Å². The van der Waals surface area contributed by atoms with Crippen molar-refractivity contribution < 1.29 is 17.6 Å². The Labute approximate surface area is 142 Å². The smallest absolute Gasteiger partial charge is 0.338 e. The van der Waals surface area contributed by atoms with Gasteiger partial charge in [0.15, 0.2) is 0 Å². The number of nitriles is 1. The molecular weight excluding hydrogens is 336 g/mol. The number of H-pyrrole nitrogens is 1. The number of aromatic nitrogens is 2. The summed E-state index contributed by atoms with van der Waals surface area (Å²) in [6.07, 6.45) is -2.01. The van der Waals surface area contributed by atoms with Crippen LogP contribution < -0.4 is 0 Å². The Morgan fingerprint density at radius 2 is 2.16 bits per heavy atom. The highest BCUT2D eigenvalue weighted by atomic mass is 19.4. The molecule has 0 radical (unpaired) electrons. The van der Waals surface area contributed by atoms with Crippen LogP contribution in [-0.4, -0.2) is 28.0 Å². The lowest BCUT2D eigenvalue weighted by Crippen LogP contribution is -2.34. The number of rotatable bonds is 3. The quantitative estimate of drug-likeness (QED) is 0.855. The predicted octanol–water partition coefficient (Wildman–Crippen LogP) is 3.82. The molecular formula is C17H16F4N4. The molecule has 0 spiro atoms. The van der Waals surface area contributed by atoms with Crippen LogP contribution in [0.3, 0.4) is 0 Å². The molecule has 1 aromatic carbocycles. The lowest BCUT2D eigenvalue weighted by Gasteiger charge is -2.31. The van der Waals surface area contributed by atoms with Crippen LogP contribution in [0.15, 0.2) is 24.4 Å². The van der Waals surface area contributed by atoms with Gasteiger partial charge in [-0.3, -0.25) is 4.90 Å². The zero-order chi connectivity index (χ0) is 18.0. The molecule has 8 heteroatoms. The number of imidazole rings is 1. The average molecular weight is 352 g/mol. The normalized spacial score (nSPS) is 18.9. The van der Waals surface area contributed by atoms with E-state index in [0.717, 1.165) is 31.1 Å². The molecule has 1 saturated heterocycles. The third kappa shape index (κ3) is 3.99. The molecule has 1 N–H and O–H groups in total. The lowest BCUT2D eigenvalue weighted by atomic mass is 9.97. The van der Waals surface area contributed by atoms with Gasteiger partial charge in [0.05, 0.1) is 11.8 Å². The summed E-state index contributed by atoms with van der Waals surface area (Å²) < 4.78 is 51.5. The Hall–Kier alpha value is -2.40. The maximum Gasteiger partial charge on any atom is 0.432 e. The van der Waals surface area contributed by atoms with Gasteiger partial charge < -0.3 is 4.98 Å². The molecule has 1 aliphatic heterocycles. The minimum atomic E-state index is -4.43. The van der Waals surface area contributed by atoms with Crippen molar-refractivity contribution in [2.45, 2.75) is 31.5 Å². The number of alkyl halides is 3. The molecule has 0 aliphatic carbocycles. The second-order valence-corrected chi connectivity index (χ2v) is 6.18. The van der Waals surface area contributed by atoms with Crippen LogP contribution in [0.25, 0.3) is 0 Å². The van der Waals surface area contributed by atoms with Crippen LogP contribution in [-0.2, 0) is 12.7 Å². The van der Waals surface area contributed by atoms with Crippen molar-refractivity contribution in [1.29, 1.82) is 5.26 Å². The third-order valence-electron chi connectivity index (χ3n) is 4.35. The summed E-state index contributed by atoms with van der Waals surface area (Å²) in [6, 6.07) is 6.20. The molecule has 25 heavy (non-hydrogen) atoms. The van der Waals surface area contributed by atoms with Crippen LogP contribution in [0.4, 0.5) is 17.6 Å². The van der Waals surface area contributed by atoms with Gasteiger partial charge in [-0.15, -0.1) is 0 Å². The fraction of sp³-hybridized carbons (Fsp3) is 0.412. The summed E-state index contributed by atoms with van der Waals surface area (Å²) >= 11 is 0. The van der Waals surface area contributed by atoms with E-state index in [1.807, 2.05) is 6.07 Å². The fourth-order valence-electron chi connectivity index (χ4n) is 3.13. The van der Waals surface area contributed by atoms with E-state index in [9.17, 15) is 17.6 Å². The maximum atomic E-state index is 13.4.